The van der Waals surface area contributed by atoms with Crippen molar-refractivity contribution in [1.82, 2.24) is 4.90 Å². The SMILES string of the molecule is COCCN(CCOC)C(=O)C(C)CCCC(C)N. The highest BCUT2D eigenvalue weighted by atomic mass is 16.5. The summed E-state index contributed by atoms with van der Waals surface area (Å²) in [4.78, 5) is 14.1. The molecule has 0 aliphatic heterocycles. The molecule has 0 fully saturated rings. The van der Waals surface area contributed by atoms with E-state index >= 15 is 0 Å². The van der Waals surface area contributed by atoms with Crippen molar-refractivity contribution in [3.05, 3.63) is 0 Å². The van der Waals surface area contributed by atoms with E-state index in [4.69, 9.17) is 15.2 Å². The molecule has 5 heteroatoms. The molecule has 0 aromatic carbocycles. The molecule has 0 aliphatic carbocycles. The Morgan fingerprint density at radius 2 is 1.63 bits per heavy atom. The Kier molecular flexibility index (Phi) is 10.8. The monoisotopic (exact) mass is 274 g/mol. The molecule has 0 rings (SSSR count). The van der Waals surface area contributed by atoms with E-state index in [-0.39, 0.29) is 17.9 Å². The van der Waals surface area contributed by atoms with Gasteiger partial charge in [0, 0.05) is 39.3 Å². The predicted molar refractivity (Wildman–Crippen MR) is 77.0 cm³/mol. The summed E-state index contributed by atoms with van der Waals surface area (Å²) in [5.74, 6) is 0.214. The topological polar surface area (TPSA) is 64.8 Å². The molecule has 5 nitrogen and oxygen atoms in total. The van der Waals surface area contributed by atoms with Crippen LogP contribution in [0.1, 0.15) is 33.1 Å². The zero-order valence-corrected chi connectivity index (χ0v) is 12.9. The van der Waals surface area contributed by atoms with Crippen LogP contribution >= 0.6 is 0 Å². The number of amides is 1. The van der Waals surface area contributed by atoms with E-state index in [9.17, 15) is 4.79 Å². The molecule has 0 aromatic heterocycles. The molecule has 0 spiro atoms. The van der Waals surface area contributed by atoms with Crippen LogP contribution in [-0.4, -0.2) is 57.4 Å². The average molecular weight is 274 g/mol. The molecule has 0 aromatic rings. The molecular formula is C14H30N2O3. The van der Waals surface area contributed by atoms with Crippen molar-refractivity contribution in [3.8, 4) is 0 Å². The number of nitrogens with two attached hydrogens (primary N) is 1. The summed E-state index contributed by atoms with van der Waals surface area (Å²) in [6, 6.07) is 0.209. The third-order valence-corrected chi connectivity index (χ3v) is 3.16. The molecule has 0 radical (unpaired) electrons. The highest BCUT2D eigenvalue weighted by Gasteiger charge is 2.19. The van der Waals surface area contributed by atoms with Crippen LogP contribution in [-0.2, 0) is 14.3 Å². The second-order valence-electron chi connectivity index (χ2n) is 5.12. The Morgan fingerprint density at radius 1 is 1.11 bits per heavy atom. The van der Waals surface area contributed by atoms with Gasteiger partial charge in [-0.25, -0.2) is 0 Å². The fourth-order valence-electron chi connectivity index (χ4n) is 1.92. The number of rotatable bonds is 11. The van der Waals surface area contributed by atoms with Crippen molar-refractivity contribution in [2.45, 2.75) is 39.2 Å². The van der Waals surface area contributed by atoms with Crippen molar-refractivity contribution in [2.75, 3.05) is 40.5 Å². The Labute approximate surface area is 117 Å². The Hall–Kier alpha value is -0.650. The van der Waals surface area contributed by atoms with Crippen LogP contribution in [0.3, 0.4) is 0 Å². The van der Waals surface area contributed by atoms with E-state index in [1.54, 1.807) is 14.2 Å². The van der Waals surface area contributed by atoms with Gasteiger partial charge in [0.05, 0.1) is 13.2 Å². The molecule has 0 saturated carbocycles. The van der Waals surface area contributed by atoms with Crippen molar-refractivity contribution >= 4 is 5.91 Å². The zero-order chi connectivity index (χ0) is 14.7. The van der Waals surface area contributed by atoms with Gasteiger partial charge < -0.3 is 20.1 Å². The highest BCUT2D eigenvalue weighted by molar-refractivity contribution is 5.78. The molecule has 2 unspecified atom stereocenters. The van der Waals surface area contributed by atoms with Gasteiger partial charge in [0.15, 0.2) is 0 Å². The van der Waals surface area contributed by atoms with Gasteiger partial charge in [0.2, 0.25) is 5.91 Å². The van der Waals surface area contributed by atoms with Crippen molar-refractivity contribution in [2.24, 2.45) is 11.7 Å². The number of hydrogen-bond acceptors (Lipinski definition) is 4. The lowest BCUT2D eigenvalue weighted by Gasteiger charge is -2.25. The second-order valence-corrected chi connectivity index (χ2v) is 5.12. The number of carbonyl (C=O) groups excluding carboxylic acids is 1. The summed E-state index contributed by atoms with van der Waals surface area (Å²) in [5.41, 5.74) is 5.72. The number of hydrogen-bond donors (Lipinski definition) is 1. The fourth-order valence-corrected chi connectivity index (χ4v) is 1.92. The van der Waals surface area contributed by atoms with Crippen molar-refractivity contribution in [1.29, 1.82) is 0 Å². The van der Waals surface area contributed by atoms with Gasteiger partial charge in [-0.2, -0.15) is 0 Å². The van der Waals surface area contributed by atoms with E-state index < -0.39 is 0 Å². The molecule has 1 amide bonds. The molecule has 2 N–H and O–H groups in total. The summed E-state index contributed by atoms with van der Waals surface area (Å²) >= 11 is 0. The van der Waals surface area contributed by atoms with Gasteiger partial charge >= 0.3 is 0 Å². The van der Waals surface area contributed by atoms with Gasteiger partial charge in [-0.15, -0.1) is 0 Å². The standard InChI is InChI=1S/C14H30N2O3/c1-12(6-5-7-13(2)15)14(17)16(8-10-18-3)9-11-19-4/h12-13H,5-11,15H2,1-4H3. The summed E-state index contributed by atoms with van der Waals surface area (Å²) in [5, 5.41) is 0. The van der Waals surface area contributed by atoms with Gasteiger partial charge in [-0.05, 0) is 19.8 Å². The molecule has 114 valence electrons. The van der Waals surface area contributed by atoms with Gasteiger partial charge in [-0.3, -0.25) is 4.79 Å². The number of methoxy groups -OCH3 is 2. The molecule has 0 bridgehead atoms. The van der Waals surface area contributed by atoms with E-state index in [2.05, 4.69) is 0 Å². The Balaban J connectivity index is 4.17. The maximum atomic E-state index is 12.3. The van der Waals surface area contributed by atoms with Crippen LogP contribution in [0.4, 0.5) is 0 Å². The predicted octanol–water partition coefficient (Wildman–Crippen LogP) is 1.26. The summed E-state index contributed by atoms with van der Waals surface area (Å²) in [6.07, 6.45) is 2.84. The lowest BCUT2D eigenvalue weighted by molar-refractivity contribution is -0.136. The minimum absolute atomic E-state index is 0.0347. The molecule has 0 aliphatic rings. The van der Waals surface area contributed by atoms with E-state index in [1.165, 1.54) is 0 Å². The van der Waals surface area contributed by atoms with Gasteiger partial charge in [0.25, 0.3) is 0 Å². The lowest BCUT2D eigenvalue weighted by atomic mass is 10.0. The maximum absolute atomic E-state index is 12.3. The number of nitrogens with zero attached hydrogens (tertiary/aromatic N) is 1. The van der Waals surface area contributed by atoms with E-state index in [1.807, 2.05) is 18.7 Å². The van der Waals surface area contributed by atoms with Crippen LogP contribution < -0.4 is 5.73 Å². The third-order valence-electron chi connectivity index (χ3n) is 3.16. The summed E-state index contributed by atoms with van der Waals surface area (Å²) in [6.45, 7) is 6.34. The van der Waals surface area contributed by atoms with E-state index in [0.29, 0.717) is 26.3 Å². The first-order valence-corrected chi connectivity index (χ1v) is 7.05. The minimum atomic E-state index is 0.0347. The highest BCUT2D eigenvalue weighted by Crippen LogP contribution is 2.12. The first-order valence-electron chi connectivity index (χ1n) is 7.05. The van der Waals surface area contributed by atoms with Crippen LogP contribution in [0, 0.1) is 5.92 Å². The fraction of sp³-hybridized carbons (Fsp3) is 0.929. The molecule has 19 heavy (non-hydrogen) atoms. The largest absolute Gasteiger partial charge is 0.383 e. The first-order chi connectivity index (χ1) is 9.02. The van der Waals surface area contributed by atoms with E-state index in [0.717, 1.165) is 19.3 Å². The Morgan fingerprint density at radius 3 is 2.05 bits per heavy atom. The molecule has 0 saturated heterocycles. The molecular weight excluding hydrogens is 244 g/mol. The van der Waals surface area contributed by atoms with Crippen LogP contribution in [0.25, 0.3) is 0 Å². The van der Waals surface area contributed by atoms with Crippen molar-refractivity contribution < 1.29 is 14.3 Å². The van der Waals surface area contributed by atoms with Crippen LogP contribution in [0.2, 0.25) is 0 Å². The maximum Gasteiger partial charge on any atom is 0.225 e. The summed E-state index contributed by atoms with van der Waals surface area (Å²) < 4.78 is 10.1. The average Bonchev–Trinajstić information content (AvgIpc) is 2.37. The smallest absolute Gasteiger partial charge is 0.225 e. The zero-order valence-electron chi connectivity index (χ0n) is 12.9. The van der Waals surface area contributed by atoms with Crippen molar-refractivity contribution in [3.63, 3.8) is 0 Å². The summed E-state index contributed by atoms with van der Waals surface area (Å²) in [7, 11) is 3.29. The Bertz CT molecular complexity index is 227. The van der Waals surface area contributed by atoms with Crippen LogP contribution in [0.15, 0.2) is 0 Å². The minimum Gasteiger partial charge on any atom is -0.383 e. The van der Waals surface area contributed by atoms with Crippen LogP contribution in [0.5, 0.6) is 0 Å². The quantitative estimate of drug-likeness (QED) is 0.616. The lowest BCUT2D eigenvalue weighted by Crippen LogP contribution is -2.39. The van der Waals surface area contributed by atoms with Gasteiger partial charge in [-0.1, -0.05) is 13.3 Å². The molecule has 0 heterocycles. The van der Waals surface area contributed by atoms with Gasteiger partial charge in [0.1, 0.15) is 0 Å². The second kappa shape index (κ2) is 11.2. The first kappa shape index (κ1) is 18.4. The normalized spacial score (nSPS) is 14.2. The number of carbonyl (C=O) groups is 1. The molecule has 2 atom stereocenters. The third kappa shape index (κ3) is 8.97. The number of ether oxygens (including phenoxy) is 2.